The van der Waals surface area contributed by atoms with Crippen LogP contribution in [0.4, 0.5) is 11.6 Å². The molecule has 0 radical (unpaired) electrons. The number of ether oxygens (including phenoxy) is 2. The van der Waals surface area contributed by atoms with Crippen molar-refractivity contribution in [1.29, 1.82) is 0 Å². The zero-order chi connectivity index (χ0) is 12.8. The van der Waals surface area contributed by atoms with Crippen molar-refractivity contribution in [3.05, 3.63) is 10.3 Å². The summed E-state index contributed by atoms with van der Waals surface area (Å²) in [7, 11) is 0. The minimum Gasteiger partial charge on any atom is -0.385 e. The molecule has 0 saturated carbocycles. The minimum atomic E-state index is -0.374. The van der Waals surface area contributed by atoms with Crippen molar-refractivity contribution in [3.8, 4) is 0 Å². The molecule has 1 rings (SSSR count). The van der Waals surface area contributed by atoms with E-state index in [2.05, 4.69) is 9.97 Å². The second-order valence-corrected chi connectivity index (χ2v) is 3.75. The summed E-state index contributed by atoms with van der Waals surface area (Å²) in [4.78, 5) is 6.71. The van der Waals surface area contributed by atoms with Crippen molar-refractivity contribution in [1.82, 2.24) is 9.97 Å². The molecule has 0 spiro atoms. The first-order valence-electron chi connectivity index (χ1n) is 5.45. The number of hydrogen-bond acceptors (Lipinski definition) is 6. The van der Waals surface area contributed by atoms with Gasteiger partial charge in [0.25, 0.3) is 0 Å². The fourth-order valence-electron chi connectivity index (χ4n) is 1.45. The van der Waals surface area contributed by atoms with Gasteiger partial charge < -0.3 is 25.9 Å². The van der Waals surface area contributed by atoms with Gasteiger partial charge in [0.05, 0.1) is 0 Å². The zero-order valence-electron chi connectivity index (χ0n) is 10.0. The normalized spacial score (nSPS) is 11.0. The fraction of sp³-hybridized carbons (Fsp3) is 0.600. The Kier molecular flexibility index (Phi) is 5.33. The Labute approximate surface area is 105 Å². The molecule has 1 heterocycles. The van der Waals surface area contributed by atoms with Crippen molar-refractivity contribution < 1.29 is 9.47 Å². The van der Waals surface area contributed by atoms with Crippen LogP contribution in [0.2, 0.25) is 0 Å². The summed E-state index contributed by atoms with van der Waals surface area (Å²) in [5.41, 5.74) is 12.3. The molecule has 1 aromatic heterocycles. The van der Waals surface area contributed by atoms with Crippen LogP contribution in [0, 0.1) is 4.77 Å². The van der Waals surface area contributed by atoms with Gasteiger partial charge in [0.2, 0.25) is 0 Å². The number of aromatic nitrogens is 2. The summed E-state index contributed by atoms with van der Waals surface area (Å²) in [6.07, 6.45) is 0.0686. The molecule has 6 nitrogen and oxygen atoms in total. The van der Waals surface area contributed by atoms with Gasteiger partial charge in [-0.25, -0.2) is 4.98 Å². The maximum absolute atomic E-state index is 5.81. The summed E-state index contributed by atoms with van der Waals surface area (Å²) in [6.45, 7) is 4.91. The van der Waals surface area contributed by atoms with Crippen LogP contribution >= 0.6 is 12.2 Å². The first kappa shape index (κ1) is 13.9. The molecule has 0 fully saturated rings. The number of nitrogens with two attached hydrogens (primary N) is 2. The Balaban J connectivity index is 2.88. The molecule has 17 heavy (non-hydrogen) atoms. The van der Waals surface area contributed by atoms with Crippen LogP contribution in [0.15, 0.2) is 0 Å². The van der Waals surface area contributed by atoms with E-state index in [0.29, 0.717) is 36.8 Å². The number of nitrogens with one attached hydrogen (secondary N) is 1. The van der Waals surface area contributed by atoms with E-state index >= 15 is 0 Å². The summed E-state index contributed by atoms with van der Waals surface area (Å²) in [5, 5.41) is 0. The smallest absolute Gasteiger partial charge is 0.200 e. The molecule has 0 atom stereocenters. The maximum Gasteiger partial charge on any atom is 0.200 e. The fourth-order valence-corrected chi connectivity index (χ4v) is 1.66. The first-order valence-corrected chi connectivity index (χ1v) is 5.86. The summed E-state index contributed by atoms with van der Waals surface area (Å²) < 4.78 is 11.1. The predicted molar refractivity (Wildman–Crippen MR) is 69.0 cm³/mol. The maximum atomic E-state index is 5.81. The summed E-state index contributed by atoms with van der Waals surface area (Å²) in [5.74, 6) is 0.725. The number of anilines is 2. The van der Waals surface area contributed by atoms with Crippen molar-refractivity contribution in [3.63, 3.8) is 0 Å². The molecule has 1 aromatic rings. The van der Waals surface area contributed by atoms with Crippen molar-refractivity contribution in [2.24, 2.45) is 0 Å². The highest BCUT2D eigenvalue weighted by molar-refractivity contribution is 7.71. The van der Waals surface area contributed by atoms with Crippen molar-refractivity contribution in [2.75, 3.05) is 24.7 Å². The van der Waals surface area contributed by atoms with E-state index in [1.54, 1.807) is 0 Å². The van der Waals surface area contributed by atoms with E-state index in [0.717, 1.165) is 0 Å². The lowest BCUT2D eigenvalue weighted by Gasteiger charge is -2.18. The standard InChI is InChI=1S/C10H18N4O2S/c1-3-15-7(16-4-2)5-6-8(11)13-10(17)14-9(6)12/h7H,3-5H2,1-2H3,(H5,11,12,13,14,17). The molecule has 0 amide bonds. The molecule has 5 N–H and O–H groups in total. The number of aromatic amines is 1. The number of nitrogen functional groups attached to an aromatic ring is 2. The number of rotatable bonds is 6. The summed E-state index contributed by atoms with van der Waals surface area (Å²) in [6, 6.07) is 0. The van der Waals surface area contributed by atoms with Gasteiger partial charge in [-0.1, -0.05) is 0 Å². The summed E-state index contributed by atoms with van der Waals surface area (Å²) >= 11 is 4.87. The third-order valence-corrected chi connectivity index (χ3v) is 2.37. The van der Waals surface area contributed by atoms with E-state index in [-0.39, 0.29) is 11.1 Å². The Bertz CT molecular complexity index is 389. The van der Waals surface area contributed by atoms with Crippen LogP contribution in [0.3, 0.4) is 0 Å². The van der Waals surface area contributed by atoms with Gasteiger partial charge >= 0.3 is 0 Å². The largest absolute Gasteiger partial charge is 0.385 e. The molecule has 0 aliphatic heterocycles. The average Bonchev–Trinajstić information content (AvgIpc) is 2.23. The Morgan fingerprint density at radius 3 is 2.35 bits per heavy atom. The van der Waals surface area contributed by atoms with E-state index in [1.807, 2.05) is 13.8 Å². The lowest BCUT2D eigenvalue weighted by atomic mass is 10.2. The molecule has 96 valence electrons. The Hall–Kier alpha value is -1.18. The van der Waals surface area contributed by atoms with Crippen LogP contribution in [0.25, 0.3) is 0 Å². The van der Waals surface area contributed by atoms with Crippen LogP contribution in [0.1, 0.15) is 19.4 Å². The molecule has 0 aromatic carbocycles. The monoisotopic (exact) mass is 258 g/mol. The molecule has 0 bridgehead atoms. The van der Waals surface area contributed by atoms with E-state index in [1.165, 1.54) is 0 Å². The van der Waals surface area contributed by atoms with E-state index < -0.39 is 0 Å². The van der Waals surface area contributed by atoms with Gasteiger partial charge in [0.15, 0.2) is 11.1 Å². The lowest BCUT2D eigenvalue weighted by Crippen LogP contribution is -2.22. The van der Waals surface area contributed by atoms with Crippen LogP contribution < -0.4 is 11.5 Å². The third kappa shape index (κ3) is 3.95. The van der Waals surface area contributed by atoms with Gasteiger partial charge in [0, 0.05) is 25.2 Å². The highest BCUT2D eigenvalue weighted by Gasteiger charge is 2.15. The lowest BCUT2D eigenvalue weighted by molar-refractivity contribution is -0.134. The zero-order valence-corrected chi connectivity index (χ0v) is 10.8. The van der Waals surface area contributed by atoms with Crippen LogP contribution in [-0.2, 0) is 15.9 Å². The molecular formula is C10H18N4O2S. The second kappa shape index (κ2) is 6.53. The number of nitrogens with zero attached hydrogens (tertiary/aromatic N) is 1. The van der Waals surface area contributed by atoms with E-state index in [9.17, 15) is 0 Å². The van der Waals surface area contributed by atoms with Crippen LogP contribution in [0.5, 0.6) is 0 Å². The number of hydrogen-bond donors (Lipinski definition) is 3. The minimum absolute atomic E-state index is 0.271. The van der Waals surface area contributed by atoms with E-state index in [4.69, 9.17) is 33.2 Å². The average molecular weight is 258 g/mol. The molecule has 7 heteroatoms. The molecule has 0 aliphatic carbocycles. The van der Waals surface area contributed by atoms with Gasteiger partial charge in [-0.05, 0) is 26.1 Å². The predicted octanol–water partition coefficient (Wildman–Crippen LogP) is 1.25. The second-order valence-electron chi connectivity index (χ2n) is 3.36. The molecule has 0 unspecified atom stereocenters. The third-order valence-electron chi connectivity index (χ3n) is 2.17. The SMILES string of the molecule is CCOC(Cc1c(N)nc(=S)[nH]c1N)OCC. The number of H-pyrrole nitrogens is 1. The first-order chi connectivity index (χ1) is 8.08. The van der Waals surface area contributed by atoms with Crippen molar-refractivity contribution >= 4 is 23.9 Å². The Morgan fingerprint density at radius 2 is 1.88 bits per heavy atom. The Morgan fingerprint density at radius 1 is 1.29 bits per heavy atom. The molecular weight excluding hydrogens is 240 g/mol. The highest BCUT2D eigenvalue weighted by Crippen LogP contribution is 2.18. The van der Waals surface area contributed by atoms with Crippen LogP contribution in [-0.4, -0.2) is 29.5 Å². The quantitative estimate of drug-likeness (QED) is 0.524. The van der Waals surface area contributed by atoms with Gasteiger partial charge in [-0.3, -0.25) is 0 Å². The molecule has 0 aliphatic rings. The van der Waals surface area contributed by atoms with Gasteiger partial charge in [0.1, 0.15) is 11.6 Å². The molecule has 0 saturated heterocycles. The van der Waals surface area contributed by atoms with Crippen molar-refractivity contribution in [2.45, 2.75) is 26.6 Å². The highest BCUT2D eigenvalue weighted by atomic mass is 32.1. The topological polar surface area (TPSA) is 99.2 Å². The van der Waals surface area contributed by atoms with Gasteiger partial charge in [-0.15, -0.1) is 0 Å². The van der Waals surface area contributed by atoms with Gasteiger partial charge in [-0.2, -0.15) is 0 Å².